The number of aryl methyl sites for hydroxylation is 1. The van der Waals surface area contributed by atoms with E-state index >= 15 is 0 Å². The summed E-state index contributed by atoms with van der Waals surface area (Å²) in [5.41, 5.74) is 2.61. The van der Waals surface area contributed by atoms with Crippen molar-refractivity contribution < 1.29 is 4.21 Å². The summed E-state index contributed by atoms with van der Waals surface area (Å²) in [6, 6.07) is 17.9. The maximum atomic E-state index is 12.2. The predicted octanol–water partition coefficient (Wildman–Crippen LogP) is 3.34. The molecule has 0 saturated carbocycles. The van der Waals surface area contributed by atoms with Gasteiger partial charge in [0.05, 0.1) is 10.8 Å². The minimum absolute atomic E-state index is 0. The molecule has 0 saturated heterocycles. The predicted molar refractivity (Wildman–Crippen MR) is 117 cm³/mol. The second-order valence-electron chi connectivity index (χ2n) is 5.34. The van der Waals surface area contributed by atoms with Gasteiger partial charge in [-0.2, -0.15) is 0 Å². The largest absolute Gasteiger partial charge is 0.355 e. The minimum Gasteiger partial charge on any atom is -0.355 e. The number of hydrogen-bond acceptors (Lipinski definition) is 2. The van der Waals surface area contributed by atoms with Crippen LogP contribution in [0.4, 0.5) is 0 Å². The van der Waals surface area contributed by atoms with Crippen molar-refractivity contribution in [1.29, 1.82) is 0 Å². The first-order valence-corrected chi connectivity index (χ1v) is 9.51. The van der Waals surface area contributed by atoms with E-state index in [0.717, 1.165) is 23.8 Å². The average molecular weight is 471 g/mol. The smallest absolute Gasteiger partial charge is 0.191 e. The number of halogens is 1. The average Bonchev–Trinajstić information content (AvgIpc) is 2.65. The number of hydrogen-bond donors (Lipinski definition) is 2. The third-order valence-corrected chi connectivity index (χ3v) is 5.13. The van der Waals surface area contributed by atoms with Crippen molar-refractivity contribution in [2.45, 2.75) is 24.8 Å². The molecule has 0 radical (unpaired) electrons. The van der Waals surface area contributed by atoms with Gasteiger partial charge in [-0.15, -0.1) is 24.0 Å². The first-order chi connectivity index (χ1) is 11.7. The molecular formula is C19H26IN3OS. The first-order valence-electron chi connectivity index (χ1n) is 8.19. The van der Waals surface area contributed by atoms with Gasteiger partial charge < -0.3 is 10.6 Å². The maximum absolute atomic E-state index is 12.2. The van der Waals surface area contributed by atoms with E-state index in [9.17, 15) is 4.21 Å². The zero-order chi connectivity index (χ0) is 17.2. The summed E-state index contributed by atoms with van der Waals surface area (Å²) in [7, 11) is 0.753. The molecule has 2 N–H and O–H groups in total. The molecule has 0 aromatic heterocycles. The van der Waals surface area contributed by atoms with Crippen molar-refractivity contribution in [3.63, 3.8) is 0 Å². The van der Waals surface area contributed by atoms with Crippen LogP contribution in [0.2, 0.25) is 0 Å². The standard InChI is InChI=1S/C19H25N3OS.HI/c1-3-16-9-7-8-10-17(16)15-22-19(20-2)21-13-14-24(23)18-11-5-4-6-12-18;/h4-12H,3,13-15H2,1-2H3,(H2,20,21,22);1H. The lowest BCUT2D eigenvalue weighted by atomic mass is 10.1. The molecule has 0 fully saturated rings. The molecule has 2 rings (SSSR count). The van der Waals surface area contributed by atoms with E-state index in [1.165, 1.54) is 11.1 Å². The van der Waals surface area contributed by atoms with Gasteiger partial charge in [0.25, 0.3) is 0 Å². The lowest BCUT2D eigenvalue weighted by Crippen LogP contribution is -2.38. The molecule has 6 heteroatoms. The van der Waals surface area contributed by atoms with Crippen molar-refractivity contribution in [2.75, 3.05) is 19.3 Å². The summed E-state index contributed by atoms with van der Waals surface area (Å²) in [5, 5.41) is 6.54. The zero-order valence-electron chi connectivity index (χ0n) is 14.7. The van der Waals surface area contributed by atoms with E-state index in [-0.39, 0.29) is 24.0 Å². The van der Waals surface area contributed by atoms with E-state index in [0.29, 0.717) is 12.3 Å². The highest BCUT2D eigenvalue weighted by atomic mass is 127. The Labute approximate surface area is 170 Å². The second-order valence-corrected chi connectivity index (χ2v) is 6.91. The Hall–Kier alpha value is -1.41. The lowest BCUT2D eigenvalue weighted by molar-refractivity contribution is 0.681. The molecule has 0 heterocycles. The third kappa shape index (κ3) is 7.15. The fraction of sp³-hybridized carbons (Fsp3) is 0.316. The van der Waals surface area contributed by atoms with Gasteiger partial charge in [0.2, 0.25) is 0 Å². The highest BCUT2D eigenvalue weighted by Crippen LogP contribution is 2.08. The zero-order valence-corrected chi connectivity index (χ0v) is 17.8. The van der Waals surface area contributed by atoms with Gasteiger partial charge in [-0.05, 0) is 29.7 Å². The molecule has 0 aliphatic heterocycles. The van der Waals surface area contributed by atoms with Crippen molar-refractivity contribution >= 4 is 40.7 Å². The van der Waals surface area contributed by atoms with Crippen LogP contribution in [0.15, 0.2) is 64.5 Å². The highest BCUT2D eigenvalue weighted by molar-refractivity contribution is 14.0. The highest BCUT2D eigenvalue weighted by Gasteiger charge is 2.05. The van der Waals surface area contributed by atoms with Gasteiger partial charge in [0.1, 0.15) is 0 Å². The molecular weight excluding hydrogens is 445 g/mol. The minimum atomic E-state index is -0.992. The Kier molecular flexibility index (Phi) is 10.4. The van der Waals surface area contributed by atoms with Gasteiger partial charge in [-0.25, -0.2) is 0 Å². The molecule has 0 spiro atoms. The van der Waals surface area contributed by atoms with E-state index in [1.807, 2.05) is 30.3 Å². The molecule has 1 unspecified atom stereocenters. The van der Waals surface area contributed by atoms with Crippen LogP contribution in [0.3, 0.4) is 0 Å². The summed E-state index contributed by atoms with van der Waals surface area (Å²) < 4.78 is 12.2. The van der Waals surface area contributed by atoms with Crippen LogP contribution in [-0.4, -0.2) is 29.5 Å². The van der Waals surface area contributed by atoms with Crippen LogP contribution in [0.25, 0.3) is 0 Å². The summed E-state index contributed by atoms with van der Waals surface area (Å²) in [6.45, 7) is 3.49. The van der Waals surface area contributed by atoms with Crippen molar-refractivity contribution in [3.8, 4) is 0 Å². The van der Waals surface area contributed by atoms with E-state index < -0.39 is 10.8 Å². The quantitative estimate of drug-likeness (QED) is 0.370. The number of nitrogens with one attached hydrogen (secondary N) is 2. The number of benzene rings is 2. The fourth-order valence-corrected chi connectivity index (χ4v) is 3.41. The normalized spacial score (nSPS) is 12.2. The van der Waals surface area contributed by atoms with Crippen molar-refractivity contribution in [1.82, 2.24) is 10.6 Å². The Balaban J connectivity index is 0.00000312. The molecule has 2 aromatic carbocycles. The molecule has 0 aliphatic rings. The molecule has 0 aliphatic carbocycles. The lowest BCUT2D eigenvalue weighted by Gasteiger charge is -2.13. The van der Waals surface area contributed by atoms with Crippen molar-refractivity contribution in [2.24, 2.45) is 4.99 Å². The summed E-state index contributed by atoms with van der Waals surface area (Å²) in [5.74, 6) is 1.28. The molecule has 0 bridgehead atoms. The van der Waals surface area contributed by atoms with Crippen LogP contribution in [0.1, 0.15) is 18.1 Å². The van der Waals surface area contributed by atoms with E-state index in [4.69, 9.17) is 0 Å². The summed E-state index contributed by atoms with van der Waals surface area (Å²) in [6.07, 6.45) is 1.01. The van der Waals surface area contributed by atoms with Gasteiger partial charge in [-0.3, -0.25) is 9.20 Å². The van der Waals surface area contributed by atoms with Crippen LogP contribution >= 0.6 is 24.0 Å². The third-order valence-electron chi connectivity index (χ3n) is 3.76. The molecule has 1 atom stereocenters. The first kappa shape index (κ1) is 21.6. The Morgan fingerprint density at radius 1 is 1.00 bits per heavy atom. The summed E-state index contributed by atoms with van der Waals surface area (Å²) in [4.78, 5) is 5.08. The number of guanidine groups is 1. The molecule has 136 valence electrons. The Morgan fingerprint density at radius 3 is 2.28 bits per heavy atom. The van der Waals surface area contributed by atoms with Crippen LogP contribution in [0, 0.1) is 0 Å². The number of nitrogens with zero attached hydrogens (tertiary/aromatic N) is 1. The fourth-order valence-electron chi connectivity index (χ4n) is 2.43. The second kappa shape index (κ2) is 12.0. The van der Waals surface area contributed by atoms with Gasteiger partial charge >= 0.3 is 0 Å². The summed E-state index contributed by atoms with van der Waals surface area (Å²) >= 11 is 0. The SMILES string of the molecule is CCc1ccccc1CNC(=NC)NCCS(=O)c1ccccc1.I. The maximum Gasteiger partial charge on any atom is 0.191 e. The van der Waals surface area contributed by atoms with Gasteiger partial charge in [0.15, 0.2) is 5.96 Å². The van der Waals surface area contributed by atoms with Crippen LogP contribution < -0.4 is 10.6 Å². The topological polar surface area (TPSA) is 53.5 Å². The molecule has 4 nitrogen and oxygen atoms in total. The Morgan fingerprint density at radius 2 is 1.64 bits per heavy atom. The molecule has 0 amide bonds. The van der Waals surface area contributed by atoms with E-state index in [2.05, 4.69) is 46.8 Å². The van der Waals surface area contributed by atoms with E-state index in [1.54, 1.807) is 7.05 Å². The van der Waals surface area contributed by atoms with Gasteiger partial charge in [0, 0.05) is 30.8 Å². The van der Waals surface area contributed by atoms with Crippen molar-refractivity contribution in [3.05, 3.63) is 65.7 Å². The van der Waals surface area contributed by atoms with Gasteiger partial charge in [-0.1, -0.05) is 49.4 Å². The molecule has 2 aromatic rings. The number of aliphatic imine (C=N–C) groups is 1. The van der Waals surface area contributed by atoms with Crippen LogP contribution in [0.5, 0.6) is 0 Å². The van der Waals surface area contributed by atoms with Crippen LogP contribution in [-0.2, 0) is 23.8 Å². The Bertz CT molecular complexity index is 692. The number of rotatable bonds is 7. The monoisotopic (exact) mass is 471 g/mol. The molecule has 25 heavy (non-hydrogen) atoms.